The first kappa shape index (κ1) is 19.3. The van der Waals surface area contributed by atoms with Crippen molar-refractivity contribution in [3.05, 3.63) is 52.5 Å². The van der Waals surface area contributed by atoms with E-state index in [1.807, 2.05) is 36.7 Å². The molecule has 10 heteroatoms. The van der Waals surface area contributed by atoms with Crippen LogP contribution in [0.4, 0.5) is 5.69 Å². The van der Waals surface area contributed by atoms with E-state index in [-0.39, 0.29) is 18.5 Å². The standard InChI is InChI=1S/C19H18ClN7OS/c1-11(2)27-17-13(8-22-27)7-15(9-21-17)23-16(28)10-26-18(24-25-19(26)29)12-3-5-14(20)6-4-12/h3-9,11H,10H2,1-2H3,(H,23,28)(H,25,29). The fraction of sp³-hybridized carbons (Fsp3) is 0.211. The van der Waals surface area contributed by atoms with Crippen molar-refractivity contribution in [1.29, 1.82) is 0 Å². The number of aromatic amines is 1. The quantitative estimate of drug-likeness (QED) is 0.465. The van der Waals surface area contributed by atoms with Crippen LogP contribution in [0, 0.1) is 4.77 Å². The predicted octanol–water partition coefficient (Wildman–Crippen LogP) is 4.23. The number of hydrogen-bond donors (Lipinski definition) is 2. The molecule has 0 bridgehead atoms. The Morgan fingerprint density at radius 2 is 2.03 bits per heavy atom. The number of anilines is 1. The minimum absolute atomic E-state index is 0.0105. The van der Waals surface area contributed by atoms with Gasteiger partial charge in [-0.2, -0.15) is 10.2 Å². The highest BCUT2D eigenvalue weighted by Crippen LogP contribution is 2.21. The molecule has 29 heavy (non-hydrogen) atoms. The molecule has 0 atom stereocenters. The number of H-pyrrole nitrogens is 1. The van der Waals surface area contributed by atoms with Gasteiger partial charge in [0, 0.05) is 22.0 Å². The van der Waals surface area contributed by atoms with Crippen LogP contribution in [0.1, 0.15) is 19.9 Å². The molecule has 0 unspecified atom stereocenters. The molecule has 1 aromatic carbocycles. The van der Waals surface area contributed by atoms with Gasteiger partial charge in [-0.1, -0.05) is 11.6 Å². The SMILES string of the molecule is CC(C)n1ncc2cc(NC(=O)Cn3c(-c4ccc(Cl)cc4)n[nH]c3=S)cnc21. The summed E-state index contributed by atoms with van der Waals surface area (Å²) in [7, 11) is 0. The number of carbonyl (C=O) groups excluding carboxylic acids is 1. The van der Waals surface area contributed by atoms with Gasteiger partial charge in [-0.05, 0) is 56.4 Å². The van der Waals surface area contributed by atoms with Crippen LogP contribution in [0.3, 0.4) is 0 Å². The number of aromatic nitrogens is 6. The number of carbonyl (C=O) groups is 1. The number of rotatable bonds is 5. The number of amides is 1. The van der Waals surface area contributed by atoms with E-state index in [0.717, 1.165) is 16.6 Å². The maximum absolute atomic E-state index is 12.6. The van der Waals surface area contributed by atoms with Gasteiger partial charge in [0.25, 0.3) is 0 Å². The van der Waals surface area contributed by atoms with Gasteiger partial charge in [0.15, 0.2) is 16.2 Å². The smallest absolute Gasteiger partial charge is 0.244 e. The third kappa shape index (κ3) is 3.92. The molecule has 2 N–H and O–H groups in total. The van der Waals surface area contributed by atoms with Gasteiger partial charge in [-0.25, -0.2) is 9.67 Å². The number of benzene rings is 1. The Balaban J connectivity index is 1.55. The molecule has 0 radical (unpaired) electrons. The molecule has 148 valence electrons. The van der Waals surface area contributed by atoms with Crippen molar-refractivity contribution in [3.63, 3.8) is 0 Å². The molecular weight excluding hydrogens is 410 g/mol. The van der Waals surface area contributed by atoms with Crippen LogP contribution in [-0.4, -0.2) is 35.4 Å². The molecule has 0 spiro atoms. The van der Waals surface area contributed by atoms with E-state index >= 15 is 0 Å². The molecule has 3 aromatic heterocycles. The lowest BCUT2D eigenvalue weighted by Gasteiger charge is -2.09. The number of fused-ring (bicyclic) bond motifs is 1. The second kappa shape index (κ2) is 7.76. The fourth-order valence-electron chi connectivity index (χ4n) is 3.01. The number of nitrogens with zero attached hydrogens (tertiary/aromatic N) is 5. The largest absolute Gasteiger partial charge is 0.323 e. The summed E-state index contributed by atoms with van der Waals surface area (Å²) >= 11 is 11.2. The lowest BCUT2D eigenvalue weighted by molar-refractivity contribution is -0.116. The van der Waals surface area contributed by atoms with E-state index in [0.29, 0.717) is 21.3 Å². The molecule has 8 nitrogen and oxygen atoms in total. The van der Waals surface area contributed by atoms with E-state index < -0.39 is 0 Å². The zero-order valence-corrected chi connectivity index (χ0v) is 17.3. The molecule has 4 aromatic rings. The van der Waals surface area contributed by atoms with Crippen molar-refractivity contribution in [1.82, 2.24) is 29.5 Å². The average Bonchev–Trinajstić information content (AvgIpc) is 3.26. The topological polar surface area (TPSA) is 93.4 Å². The molecule has 1 amide bonds. The number of hydrogen-bond acceptors (Lipinski definition) is 5. The highest BCUT2D eigenvalue weighted by molar-refractivity contribution is 7.71. The second-order valence-electron chi connectivity index (χ2n) is 6.81. The summed E-state index contributed by atoms with van der Waals surface area (Å²) in [6.07, 6.45) is 3.36. The summed E-state index contributed by atoms with van der Waals surface area (Å²) in [4.78, 5) is 17.1. The summed E-state index contributed by atoms with van der Waals surface area (Å²) in [6.45, 7) is 4.09. The number of pyridine rings is 1. The van der Waals surface area contributed by atoms with Crippen LogP contribution >= 0.6 is 23.8 Å². The summed E-state index contributed by atoms with van der Waals surface area (Å²) in [5, 5.41) is 15.7. The minimum Gasteiger partial charge on any atom is -0.323 e. The third-order valence-corrected chi connectivity index (χ3v) is 4.93. The Bertz CT molecular complexity index is 1240. The molecular formula is C19H18ClN7OS. The highest BCUT2D eigenvalue weighted by Gasteiger charge is 2.14. The monoisotopic (exact) mass is 427 g/mol. The van der Waals surface area contributed by atoms with E-state index in [1.54, 1.807) is 29.1 Å². The van der Waals surface area contributed by atoms with Gasteiger partial charge in [0.2, 0.25) is 5.91 Å². The Hall–Kier alpha value is -3.04. The summed E-state index contributed by atoms with van der Waals surface area (Å²) in [6, 6.07) is 9.22. The zero-order chi connectivity index (χ0) is 20.5. The number of halogens is 1. The van der Waals surface area contributed by atoms with Crippen molar-refractivity contribution in [2.24, 2.45) is 0 Å². The van der Waals surface area contributed by atoms with Crippen LogP contribution in [0.2, 0.25) is 5.02 Å². The van der Waals surface area contributed by atoms with Crippen molar-refractivity contribution in [2.45, 2.75) is 26.4 Å². The van der Waals surface area contributed by atoms with Gasteiger partial charge in [-0.15, -0.1) is 0 Å². The Kier molecular flexibility index (Phi) is 5.16. The first-order valence-electron chi connectivity index (χ1n) is 8.96. The molecule has 3 heterocycles. The van der Waals surface area contributed by atoms with Gasteiger partial charge in [0.1, 0.15) is 6.54 Å². The molecule has 0 aliphatic rings. The maximum atomic E-state index is 12.6. The van der Waals surface area contributed by atoms with Crippen molar-refractivity contribution in [2.75, 3.05) is 5.32 Å². The summed E-state index contributed by atoms with van der Waals surface area (Å²) < 4.78 is 3.83. The van der Waals surface area contributed by atoms with Crippen LogP contribution in [-0.2, 0) is 11.3 Å². The van der Waals surface area contributed by atoms with Crippen molar-refractivity contribution in [3.8, 4) is 11.4 Å². The second-order valence-corrected chi connectivity index (χ2v) is 7.64. The third-order valence-electron chi connectivity index (χ3n) is 4.37. The molecule has 0 fully saturated rings. The average molecular weight is 428 g/mol. The summed E-state index contributed by atoms with van der Waals surface area (Å²) in [5.41, 5.74) is 2.17. The predicted molar refractivity (Wildman–Crippen MR) is 114 cm³/mol. The Morgan fingerprint density at radius 1 is 1.28 bits per heavy atom. The minimum atomic E-state index is -0.241. The van der Waals surface area contributed by atoms with Crippen molar-refractivity contribution >= 4 is 46.4 Å². The first-order chi connectivity index (χ1) is 13.9. The summed E-state index contributed by atoms with van der Waals surface area (Å²) in [5.74, 6) is 0.323. The van der Waals surface area contributed by atoms with Gasteiger partial charge in [0.05, 0.1) is 18.1 Å². The van der Waals surface area contributed by atoms with Crippen LogP contribution in [0.15, 0.2) is 42.7 Å². The molecule has 4 rings (SSSR count). The van der Waals surface area contributed by atoms with Crippen LogP contribution in [0.5, 0.6) is 0 Å². The molecule has 0 aliphatic heterocycles. The Morgan fingerprint density at radius 3 is 2.76 bits per heavy atom. The molecule has 0 saturated carbocycles. The van der Waals surface area contributed by atoms with E-state index in [1.165, 1.54) is 0 Å². The highest BCUT2D eigenvalue weighted by atomic mass is 35.5. The lowest BCUT2D eigenvalue weighted by atomic mass is 10.2. The molecule has 0 saturated heterocycles. The molecule has 0 aliphatic carbocycles. The zero-order valence-electron chi connectivity index (χ0n) is 15.8. The van der Waals surface area contributed by atoms with Crippen LogP contribution in [0.25, 0.3) is 22.4 Å². The first-order valence-corrected chi connectivity index (χ1v) is 9.75. The number of nitrogens with one attached hydrogen (secondary N) is 2. The van der Waals surface area contributed by atoms with Gasteiger partial charge >= 0.3 is 0 Å². The van der Waals surface area contributed by atoms with E-state index in [9.17, 15) is 4.79 Å². The van der Waals surface area contributed by atoms with E-state index in [2.05, 4.69) is 25.6 Å². The normalized spacial score (nSPS) is 11.3. The maximum Gasteiger partial charge on any atom is 0.244 e. The van der Waals surface area contributed by atoms with E-state index in [4.69, 9.17) is 23.8 Å². The Labute approximate surface area is 176 Å². The lowest BCUT2D eigenvalue weighted by Crippen LogP contribution is -2.19. The van der Waals surface area contributed by atoms with Gasteiger partial charge in [-0.3, -0.25) is 14.5 Å². The van der Waals surface area contributed by atoms with Gasteiger partial charge < -0.3 is 5.32 Å². The van der Waals surface area contributed by atoms with Crippen molar-refractivity contribution < 1.29 is 4.79 Å². The fourth-order valence-corrected chi connectivity index (χ4v) is 3.34. The van der Waals surface area contributed by atoms with Crippen LogP contribution < -0.4 is 5.32 Å².